The predicted molar refractivity (Wildman–Crippen MR) is 100 cm³/mol. The molecule has 4 nitrogen and oxygen atoms in total. The maximum absolute atomic E-state index is 12.2. The summed E-state index contributed by atoms with van der Waals surface area (Å²) >= 11 is 0. The highest BCUT2D eigenvalue weighted by atomic mass is 79.9. The molecule has 0 aliphatic rings. The molecule has 0 atom stereocenters. The van der Waals surface area contributed by atoms with E-state index in [-0.39, 0.29) is 28.9 Å². The van der Waals surface area contributed by atoms with Crippen LogP contribution in [0.5, 0.6) is 0 Å². The van der Waals surface area contributed by atoms with Gasteiger partial charge in [0.1, 0.15) is 0 Å². The fourth-order valence-electron chi connectivity index (χ4n) is 3.03. The van der Waals surface area contributed by atoms with Crippen LogP contribution in [0.3, 0.4) is 0 Å². The highest BCUT2D eigenvalue weighted by Gasteiger charge is 2.46. The van der Waals surface area contributed by atoms with Gasteiger partial charge in [0.05, 0.1) is 36.8 Å². The second-order valence-corrected chi connectivity index (χ2v) is 11.5. The molecule has 142 valence electrons. The van der Waals surface area contributed by atoms with Crippen LogP contribution in [-0.2, 0) is 20.4 Å². The first-order valence-corrected chi connectivity index (χ1v) is 10.8. The van der Waals surface area contributed by atoms with E-state index in [1.165, 1.54) is 7.11 Å². The molecule has 0 saturated heterocycles. The van der Waals surface area contributed by atoms with Gasteiger partial charge in [0.25, 0.3) is 0 Å². The van der Waals surface area contributed by atoms with Crippen molar-refractivity contribution in [3.8, 4) is 0 Å². The van der Waals surface area contributed by atoms with Crippen LogP contribution in [0.4, 0.5) is 0 Å². The summed E-state index contributed by atoms with van der Waals surface area (Å²) in [6.07, 6.45) is 1.39. The zero-order valence-corrected chi connectivity index (χ0v) is 18.5. The first-order valence-electron chi connectivity index (χ1n) is 8.46. The fraction of sp³-hybridized carbons (Fsp3) is 0.579. The lowest BCUT2D eigenvalue weighted by Gasteiger charge is -2.34. The quantitative estimate of drug-likeness (QED) is 0.459. The number of hydrogen-bond donors (Lipinski definition) is 0. The van der Waals surface area contributed by atoms with Crippen LogP contribution < -0.4 is 17.0 Å². The number of rotatable bonds is 8. The largest absolute Gasteiger partial charge is 1.00 e. The van der Waals surface area contributed by atoms with E-state index in [0.717, 1.165) is 11.7 Å². The lowest BCUT2D eigenvalue weighted by Crippen LogP contribution is -3.00. The summed E-state index contributed by atoms with van der Waals surface area (Å²) in [6.45, 7) is 11.1. The van der Waals surface area contributed by atoms with Gasteiger partial charge in [-0.05, 0) is 52.3 Å². The van der Waals surface area contributed by atoms with Crippen LogP contribution in [-0.4, -0.2) is 43.1 Å². The molecule has 0 radical (unpaired) electrons. The van der Waals surface area contributed by atoms with Crippen molar-refractivity contribution < 1.29 is 36.0 Å². The molecule has 0 aliphatic heterocycles. The molecule has 0 aliphatic carbocycles. The lowest BCUT2D eigenvalue weighted by atomic mass is 10.1. The van der Waals surface area contributed by atoms with Gasteiger partial charge >= 0.3 is 11.9 Å². The molecule has 0 bridgehead atoms. The smallest absolute Gasteiger partial charge is 0.343 e. The summed E-state index contributed by atoms with van der Waals surface area (Å²) < 4.78 is 9.97. The zero-order valence-electron chi connectivity index (χ0n) is 16.0. The van der Waals surface area contributed by atoms with Crippen molar-refractivity contribution in [3.63, 3.8) is 0 Å². The minimum Gasteiger partial charge on any atom is -1.00 e. The van der Waals surface area contributed by atoms with Gasteiger partial charge in [-0.15, -0.1) is 0 Å². The average Bonchev–Trinajstić information content (AvgIpc) is 2.53. The number of carbonyl (C=O) groups excluding carboxylic acids is 2. The summed E-state index contributed by atoms with van der Waals surface area (Å²) in [5, 5.41) is 0. The predicted octanol–water partition coefficient (Wildman–Crippen LogP) is 1.37. The summed E-state index contributed by atoms with van der Waals surface area (Å²) in [5.74, 6) is -0.429. The molecule has 0 fully saturated rings. The Morgan fingerprint density at radius 2 is 1.56 bits per heavy atom. The van der Waals surface area contributed by atoms with Crippen molar-refractivity contribution in [2.24, 2.45) is 0 Å². The van der Waals surface area contributed by atoms with E-state index in [2.05, 4.69) is 27.7 Å². The van der Waals surface area contributed by atoms with Crippen LogP contribution in [0.15, 0.2) is 24.3 Å². The Morgan fingerprint density at radius 3 is 1.96 bits per heavy atom. The summed E-state index contributed by atoms with van der Waals surface area (Å²) in [5.41, 5.74) is 2.57. The molecule has 0 heterocycles. The van der Waals surface area contributed by atoms with Gasteiger partial charge in [-0.25, -0.2) is 9.59 Å². The molecule has 0 aromatic heterocycles. The number of ether oxygens (including phenoxy) is 2. The third-order valence-corrected chi connectivity index (χ3v) is 10.6. The number of halogens is 1. The molecule has 0 unspecified atom stereocenters. The molecule has 0 spiro atoms. The van der Waals surface area contributed by atoms with Gasteiger partial charge in [-0.2, -0.15) is 0 Å². The van der Waals surface area contributed by atoms with E-state index in [1.54, 1.807) is 12.1 Å². The Bertz CT molecular complexity index is 547. The Morgan fingerprint density at radius 1 is 1.04 bits per heavy atom. The molecule has 25 heavy (non-hydrogen) atoms. The Labute approximate surface area is 162 Å². The van der Waals surface area contributed by atoms with E-state index < -0.39 is 7.26 Å². The summed E-state index contributed by atoms with van der Waals surface area (Å²) in [6, 6.07) is 7.52. The summed E-state index contributed by atoms with van der Waals surface area (Å²) in [7, 11) is -0.206. The van der Waals surface area contributed by atoms with Crippen LogP contribution >= 0.6 is 7.26 Å². The van der Waals surface area contributed by atoms with Crippen LogP contribution in [0.2, 0.25) is 0 Å². The molecule has 1 rings (SSSR count). The third-order valence-electron chi connectivity index (χ3n) is 4.64. The molecule has 6 heteroatoms. The Kier molecular flexibility index (Phi) is 10.5. The second kappa shape index (κ2) is 10.9. The van der Waals surface area contributed by atoms with Crippen molar-refractivity contribution in [1.82, 2.24) is 0 Å². The van der Waals surface area contributed by atoms with Gasteiger partial charge < -0.3 is 26.5 Å². The van der Waals surface area contributed by atoms with Gasteiger partial charge in [-0.3, -0.25) is 0 Å². The van der Waals surface area contributed by atoms with Crippen LogP contribution in [0.1, 0.15) is 50.5 Å². The highest BCUT2D eigenvalue weighted by Crippen LogP contribution is 2.68. The van der Waals surface area contributed by atoms with E-state index >= 15 is 0 Å². The monoisotopic (exact) mass is 432 g/mol. The van der Waals surface area contributed by atoms with Crippen molar-refractivity contribution in [3.05, 3.63) is 35.4 Å². The van der Waals surface area contributed by atoms with E-state index in [0.29, 0.717) is 29.7 Å². The lowest BCUT2D eigenvalue weighted by molar-refractivity contribution is -0.140. The normalized spacial score (nSPS) is 11.2. The maximum Gasteiger partial charge on any atom is 0.343 e. The zero-order chi connectivity index (χ0) is 18.3. The van der Waals surface area contributed by atoms with Gasteiger partial charge in [0.2, 0.25) is 0 Å². The number of benzene rings is 1. The number of esters is 2. The average molecular weight is 433 g/mol. The van der Waals surface area contributed by atoms with Gasteiger partial charge in [0, 0.05) is 7.26 Å². The number of hydrogen-bond acceptors (Lipinski definition) is 4. The molecule has 0 amide bonds. The van der Waals surface area contributed by atoms with Gasteiger partial charge in [0.15, 0.2) is 6.16 Å². The van der Waals surface area contributed by atoms with E-state index in [4.69, 9.17) is 9.47 Å². The summed E-state index contributed by atoms with van der Waals surface area (Å²) in [4.78, 5) is 23.8. The van der Waals surface area contributed by atoms with E-state index in [9.17, 15) is 9.59 Å². The van der Waals surface area contributed by atoms with Gasteiger partial charge in [-0.1, -0.05) is 12.1 Å². The molecule has 0 saturated carbocycles. The fourth-order valence-corrected chi connectivity index (χ4v) is 7.26. The first kappa shape index (κ1) is 24.1. The van der Waals surface area contributed by atoms with E-state index in [1.807, 2.05) is 19.1 Å². The maximum atomic E-state index is 12.2. The minimum absolute atomic E-state index is 0. The van der Waals surface area contributed by atoms with Crippen LogP contribution in [0.25, 0.3) is 0 Å². The standard InChI is InChI=1S/C19H30O4P.BrH/c1-7-23-18(20)13-24(14(2)3,15(4)5)12-16-8-10-17(11-9-16)19(21)22-6;/h8-11,14-15H,7,12-13H2,1-6H3;1H/q+1;/p-1. The number of methoxy groups -OCH3 is 1. The highest BCUT2D eigenvalue weighted by molar-refractivity contribution is 7.77. The second-order valence-electron chi connectivity index (χ2n) is 6.60. The molecular formula is C19H30BrO4P. The molecule has 1 aromatic rings. The molecular weight excluding hydrogens is 403 g/mol. The SMILES string of the molecule is CCOC(=O)C[P+](Cc1ccc(C(=O)OC)cc1)(C(C)C)C(C)C.[Br-]. The Hall–Kier alpha value is -0.930. The number of carbonyl (C=O) groups is 2. The van der Waals surface area contributed by atoms with Crippen molar-refractivity contribution >= 4 is 19.2 Å². The third kappa shape index (κ3) is 6.38. The van der Waals surface area contributed by atoms with Crippen molar-refractivity contribution in [2.45, 2.75) is 52.1 Å². The van der Waals surface area contributed by atoms with Crippen LogP contribution in [0, 0.1) is 0 Å². The first-order chi connectivity index (χ1) is 11.3. The molecule has 1 aromatic carbocycles. The Balaban J connectivity index is 0.00000576. The minimum atomic E-state index is -1.58. The van der Waals surface area contributed by atoms with Crippen molar-refractivity contribution in [2.75, 3.05) is 19.9 Å². The molecule has 0 N–H and O–H groups in total. The van der Waals surface area contributed by atoms with Crippen molar-refractivity contribution in [1.29, 1.82) is 0 Å². The topological polar surface area (TPSA) is 52.6 Å².